The molecule has 0 fully saturated rings. The number of anilines is 1. The Balaban J connectivity index is 2.88. The van der Waals surface area contributed by atoms with Gasteiger partial charge in [-0.3, -0.25) is 9.10 Å². The van der Waals surface area contributed by atoms with Gasteiger partial charge in [0.25, 0.3) is 0 Å². The summed E-state index contributed by atoms with van der Waals surface area (Å²) in [5.74, 6) is -0.810. The molecule has 0 saturated heterocycles. The van der Waals surface area contributed by atoms with Gasteiger partial charge in [0.1, 0.15) is 0 Å². The molecule has 0 aliphatic carbocycles. The topological polar surface area (TPSA) is 74.7 Å². The Bertz CT molecular complexity index is 507. The quantitative estimate of drug-likeness (QED) is 0.850. The lowest BCUT2D eigenvalue weighted by atomic mass is 10.1. The first-order valence-electron chi connectivity index (χ1n) is 5.64. The molecule has 1 aromatic carbocycles. The van der Waals surface area contributed by atoms with Crippen LogP contribution in [-0.2, 0) is 21.2 Å². The van der Waals surface area contributed by atoms with Crippen LogP contribution in [0.15, 0.2) is 24.3 Å². The van der Waals surface area contributed by atoms with Crippen molar-refractivity contribution in [3.8, 4) is 0 Å². The first-order chi connectivity index (χ1) is 8.36. The Hall–Kier alpha value is -1.56. The summed E-state index contributed by atoms with van der Waals surface area (Å²) in [5, 5.41) is 8.64. The summed E-state index contributed by atoms with van der Waals surface area (Å²) in [7, 11) is -1.79. The maximum atomic E-state index is 11.8. The minimum absolute atomic E-state index is 0.0638. The van der Waals surface area contributed by atoms with Crippen molar-refractivity contribution < 1.29 is 18.3 Å². The van der Waals surface area contributed by atoms with Crippen LogP contribution in [0.5, 0.6) is 0 Å². The van der Waals surface area contributed by atoms with E-state index in [-0.39, 0.29) is 12.2 Å². The zero-order valence-electron chi connectivity index (χ0n) is 10.5. The van der Waals surface area contributed by atoms with Gasteiger partial charge >= 0.3 is 5.97 Å². The van der Waals surface area contributed by atoms with Gasteiger partial charge in [-0.1, -0.05) is 19.1 Å². The van der Waals surface area contributed by atoms with Crippen LogP contribution in [0.2, 0.25) is 0 Å². The van der Waals surface area contributed by atoms with Gasteiger partial charge in [-0.05, 0) is 24.1 Å². The van der Waals surface area contributed by atoms with E-state index in [1.54, 1.807) is 31.2 Å². The van der Waals surface area contributed by atoms with Gasteiger partial charge in [-0.2, -0.15) is 0 Å². The zero-order chi connectivity index (χ0) is 13.8. The number of hydrogen-bond acceptors (Lipinski definition) is 3. The molecule has 0 saturated carbocycles. The van der Waals surface area contributed by atoms with Crippen LogP contribution < -0.4 is 4.31 Å². The van der Waals surface area contributed by atoms with Gasteiger partial charge in [0, 0.05) is 7.05 Å². The Morgan fingerprint density at radius 2 is 1.83 bits per heavy atom. The Labute approximate surface area is 107 Å². The number of benzene rings is 1. The van der Waals surface area contributed by atoms with Crippen molar-refractivity contribution in [1.29, 1.82) is 0 Å². The molecular formula is C12H17NO4S. The molecule has 1 N–H and O–H groups in total. The van der Waals surface area contributed by atoms with Crippen LogP contribution >= 0.6 is 0 Å². The Morgan fingerprint density at radius 1 is 1.28 bits per heavy atom. The molecule has 0 spiro atoms. The maximum absolute atomic E-state index is 11.8. The minimum Gasteiger partial charge on any atom is -0.481 e. The highest BCUT2D eigenvalue weighted by molar-refractivity contribution is 7.92. The van der Waals surface area contributed by atoms with Crippen molar-refractivity contribution in [2.45, 2.75) is 19.8 Å². The van der Waals surface area contributed by atoms with Crippen LogP contribution in [0.25, 0.3) is 0 Å². The summed E-state index contributed by atoms with van der Waals surface area (Å²) in [6.07, 6.45) is 0.496. The molecule has 0 amide bonds. The third kappa shape index (κ3) is 3.73. The molecular weight excluding hydrogens is 254 g/mol. The van der Waals surface area contributed by atoms with Crippen molar-refractivity contribution >= 4 is 21.7 Å². The molecule has 1 rings (SSSR count). The fourth-order valence-electron chi connectivity index (χ4n) is 1.55. The summed E-state index contributed by atoms with van der Waals surface area (Å²) in [4.78, 5) is 10.5. The van der Waals surface area contributed by atoms with Gasteiger partial charge in [0.15, 0.2) is 0 Å². The highest BCUT2D eigenvalue weighted by Gasteiger charge is 2.16. The molecule has 0 aromatic heterocycles. The van der Waals surface area contributed by atoms with Gasteiger partial charge in [-0.25, -0.2) is 8.42 Å². The van der Waals surface area contributed by atoms with Crippen LogP contribution in [0.4, 0.5) is 5.69 Å². The molecule has 0 aliphatic heterocycles. The molecule has 0 radical (unpaired) electrons. The summed E-state index contributed by atoms with van der Waals surface area (Å²) in [6, 6.07) is 6.49. The number of sulfonamides is 1. The Morgan fingerprint density at radius 3 is 2.28 bits per heavy atom. The number of carboxylic acid groups (broad SMARTS) is 1. The van der Waals surface area contributed by atoms with Crippen molar-refractivity contribution in [3.05, 3.63) is 29.8 Å². The smallest absolute Gasteiger partial charge is 0.307 e. The number of rotatable bonds is 6. The maximum Gasteiger partial charge on any atom is 0.307 e. The average molecular weight is 271 g/mol. The predicted octanol–water partition coefficient (Wildman–Crippen LogP) is 1.49. The van der Waals surface area contributed by atoms with Crippen molar-refractivity contribution in [2.24, 2.45) is 0 Å². The molecule has 100 valence electrons. The second kappa shape index (κ2) is 5.86. The van der Waals surface area contributed by atoms with E-state index in [0.717, 1.165) is 0 Å². The second-order valence-electron chi connectivity index (χ2n) is 4.02. The molecule has 0 aliphatic rings. The highest BCUT2D eigenvalue weighted by Crippen LogP contribution is 2.18. The molecule has 5 nitrogen and oxygen atoms in total. The van der Waals surface area contributed by atoms with E-state index in [2.05, 4.69) is 0 Å². The molecule has 0 atom stereocenters. The summed E-state index contributed by atoms with van der Waals surface area (Å²) in [6.45, 7) is 1.81. The van der Waals surface area contributed by atoms with E-state index in [0.29, 0.717) is 17.7 Å². The van der Waals surface area contributed by atoms with Crippen molar-refractivity contribution in [1.82, 2.24) is 0 Å². The van der Waals surface area contributed by atoms with Crippen molar-refractivity contribution in [2.75, 3.05) is 17.1 Å². The summed E-state index contributed by atoms with van der Waals surface area (Å²) in [5.41, 5.74) is 1.19. The van der Waals surface area contributed by atoms with Crippen LogP contribution in [-0.4, -0.2) is 32.3 Å². The van der Waals surface area contributed by atoms with E-state index >= 15 is 0 Å². The lowest BCUT2D eigenvalue weighted by Crippen LogP contribution is -2.28. The van der Waals surface area contributed by atoms with Crippen LogP contribution in [0, 0.1) is 0 Å². The van der Waals surface area contributed by atoms with E-state index < -0.39 is 16.0 Å². The van der Waals surface area contributed by atoms with Gasteiger partial charge in [0.05, 0.1) is 17.9 Å². The molecule has 0 heterocycles. The summed E-state index contributed by atoms with van der Waals surface area (Å²) >= 11 is 0. The average Bonchev–Trinajstić information content (AvgIpc) is 2.28. The van der Waals surface area contributed by atoms with E-state index in [4.69, 9.17) is 5.11 Å². The third-order valence-electron chi connectivity index (χ3n) is 2.53. The number of aliphatic carboxylic acids is 1. The fourth-order valence-corrected chi connectivity index (χ4v) is 2.79. The SMILES string of the molecule is CCCS(=O)(=O)N(C)c1ccc(CC(=O)O)cc1. The van der Waals surface area contributed by atoms with Crippen LogP contribution in [0.1, 0.15) is 18.9 Å². The standard InChI is InChI=1S/C12H17NO4S/c1-3-8-18(16,17)13(2)11-6-4-10(5-7-11)9-12(14)15/h4-7H,3,8-9H2,1-2H3,(H,14,15). The first kappa shape index (κ1) is 14.5. The van der Waals surface area contributed by atoms with E-state index in [9.17, 15) is 13.2 Å². The van der Waals surface area contributed by atoms with Gasteiger partial charge in [-0.15, -0.1) is 0 Å². The largest absolute Gasteiger partial charge is 0.481 e. The fraction of sp³-hybridized carbons (Fsp3) is 0.417. The Kier molecular flexibility index (Phi) is 4.72. The lowest BCUT2D eigenvalue weighted by molar-refractivity contribution is -0.136. The molecule has 0 unspecified atom stereocenters. The molecule has 0 bridgehead atoms. The number of hydrogen-bond donors (Lipinski definition) is 1. The number of carboxylic acids is 1. The van der Waals surface area contributed by atoms with Crippen LogP contribution in [0.3, 0.4) is 0 Å². The molecule has 18 heavy (non-hydrogen) atoms. The highest BCUT2D eigenvalue weighted by atomic mass is 32.2. The minimum atomic E-state index is -3.28. The lowest BCUT2D eigenvalue weighted by Gasteiger charge is -2.19. The van der Waals surface area contributed by atoms with Gasteiger partial charge < -0.3 is 5.11 Å². The monoisotopic (exact) mass is 271 g/mol. The number of carbonyl (C=O) groups is 1. The second-order valence-corrected chi connectivity index (χ2v) is 6.14. The molecule has 1 aromatic rings. The summed E-state index contributed by atoms with van der Waals surface area (Å²) < 4.78 is 24.9. The van der Waals surface area contributed by atoms with Crippen molar-refractivity contribution in [3.63, 3.8) is 0 Å². The first-order valence-corrected chi connectivity index (χ1v) is 7.25. The van der Waals surface area contributed by atoms with E-state index in [1.165, 1.54) is 11.4 Å². The normalized spacial score (nSPS) is 11.2. The predicted molar refractivity (Wildman–Crippen MR) is 70.3 cm³/mol. The number of nitrogens with zero attached hydrogens (tertiary/aromatic N) is 1. The van der Waals surface area contributed by atoms with E-state index in [1.807, 2.05) is 0 Å². The molecule has 6 heteroatoms. The zero-order valence-corrected chi connectivity index (χ0v) is 11.3. The third-order valence-corrected chi connectivity index (χ3v) is 4.50. The van der Waals surface area contributed by atoms with Gasteiger partial charge in [0.2, 0.25) is 10.0 Å².